The van der Waals surface area contributed by atoms with Gasteiger partial charge >= 0.3 is 0 Å². The van der Waals surface area contributed by atoms with Gasteiger partial charge in [-0.2, -0.15) is 0 Å². The van der Waals surface area contributed by atoms with Crippen molar-refractivity contribution in [3.8, 4) is 5.75 Å². The number of rotatable bonds is 2. The van der Waals surface area contributed by atoms with Crippen LogP contribution in [0.5, 0.6) is 5.75 Å². The maximum absolute atomic E-state index is 9.04. The van der Waals surface area contributed by atoms with Crippen molar-refractivity contribution in [1.29, 1.82) is 0 Å². The van der Waals surface area contributed by atoms with Crippen LogP contribution in [0, 0.1) is 13.8 Å². The smallest absolute Gasteiger partial charge is 0.125 e. The van der Waals surface area contributed by atoms with Crippen molar-refractivity contribution >= 4 is 0 Å². The molecule has 0 saturated heterocycles. The van der Waals surface area contributed by atoms with Gasteiger partial charge in [-0.15, -0.1) is 0 Å². The van der Waals surface area contributed by atoms with Gasteiger partial charge in [0, 0.05) is 6.61 Å². The number of ether oxygens (including phenoxy) is 1. The molecular formula is C13H18O2. The zero-order chi connectivity index (χ0) is 10.8. The minimum atomic E-state index is 0.261. The van der Waals surface area contributed by atoms with Gasteiger partial charge in [0.1, 0.15) is 5.75 Å². The summed E-state index contributed by atoms with van der Waals surface area (Å²) < 4.78 is 5.70. The fourth-order valence-corrected chi connectivity index (χ4v) is 2.40. The van der Waals surface area contributed by atoms with Gasteiger partial charge in [0.25, 0.3) is 0 Å². The van der Waals surface area contributed by atoms with Gasteiger partial charge < -0.3 is 9.84 Å². The summed E-state index contributed by atoms with van der Waals surface area (Å²) in [6.45, 7) is 5.24. The van der Waals surface area contributed by atoms with E-state index in [2.05, 4.69) is 26.0 Å². The minimum absolute atomic E-state index is 0.261. The van der Waals surface area contributed by atoms with E-state index in [0.29, 0.717) is 5.92 Å². The summed E-state index contributed by atoms with van der Waals surface area (Å²) in [5, 5.41) is 9.04. The number of hydrogen-bond donors (Lipinski definition) is 1. The molecule has 0 aromatic heterocycles. The highest BCUT2D eigenvalue weighted by Gasteiger charge is 2.22. The predicted molar refractivity (Wildman–Crippen MR) is 60.5 cm³/mol. The number of aryl methyl sites for hydroxylation is 2. The second kappa shape index (κ2) is 4.23. The average Bonchev–Trinajstić information content (AvgIpc) is 2.19. The largest absolute Gasteiger partial charge is 0.493 e. The SMILES string of the molecule is Cc1cc(C)c2c(c1)C(CCO)CCO2. The third-order valence-electron chi connectivity index (χ3n) is 3.08. The molecular weight excluding hydrogens is 188 g/mol. The molecule has 1 unspecified atom stereocenters. The molecule has 1 aromatic rings. The fraction of sp³-hybridized carbons (Fsp3) is 0.538. The van der Waals surface area contributed by atoms with Crippen LogP contribution < -0.4 is 4.74 Å². The van der Waals surface area contributed by atoms with Crippen molar-refractivity contribution in [1.82, 2.24) is 0 Å². The third-order valence-corrected chi connectivity index (χ3v) is 3.08. The van der Waals surface area contributed by atoms with E-state index in [0.717, 1.165) is 25.2 Å². The maximum Gasteiger partial charge on any atom is 0.125 e. The first kappa shape index (κ1) is 10.5. The van der Waals surface area contributed by atoms with Gasteiger partial charge in [0.15, 0.2) is 0 Å². The second-order valence-electron chi connectivity index (χ2n) is 4.35. The van der Waals surface area contributed by atoms with Crippen LogP contribution in [0.2, 0.25) is 0 Å². The van der Waals surface area contributed by atoms with Crippen molar-refractivity contribution in [2.45, 2.75) is 32.6 Å². The van der Waals surface area contributed by atoms with Crippen molar-refractivity contribution in [3.63, 3.8) is 0 Å². The fourth-order valence-electron chi connectivity index (χ4n) is 2.40. The Labute approximate surface area is 90.9 Å². The molecule has 2 rings (SSSR count). The predicted octanol–water partition coefficient (Wildman–Crippen LogP) is 2.55. The van der Waals surface area contributed by atoms with Gasteiger partial charge in [-0.05, 0) is 43.7 Å². The summed E-state index contributed by atoms with van der Waals surface area (Å²) in [5.41, 5.74) is 3.78. The van der Waals surface area contributed by atoms with E-state index in [-0.39, 0.29) is 6.61 Å². The molecule has 0 saturated carbocycles. The molecule has 1 aliphatic heterocycles. The van der Waals surface area contributed by atoms with E-state index < -0.39 is 0 Å². The Hall–Kier alpha value is -1.02. The molecule has 0 fully saturated rings. The highest BCUT2D eigenvalue weighted by atomic mass is 16.5. The monoisotopic (exact) mass is 206 g/mol. The number of benzene rings is 1. The van der Waals surface area contributed by atoms with Gasteiger partial charge in [-0.3, -0.25) is 0 Å². The highest BCUT2D eigenvalue weighted by Crippen LogP contribution is 2.38. The summed E-state index contributed by atoms with van der Waals surface area (Å²) in [6.07, 6.45) is 1.87. The molecule has 82 valence electrons. The average molecular weight is 206 g/mol. The molecule has 1 aromatic carbocycles. The number of hydrogen-bond acceptors (Lipinski definition) is 2. The van der Waals surface area contributed by atoms with Gasteiger partial charge in [0.2, 0.25) is 0 Å². The van der Waals surface area contributed by atoms with E-state index in [1.165, 1.54) is 16.7 Å². The van der Waals surface area contributed by atoms with Crippen LogP contribution in [-0.4, -0.2) is 18.3 Å². The molecule has 15 heavy (non-hydrogen) atoms. The van der Waals surface area contributed by atoms with Crippen LogP contribution in [0.1, 0.15) is 35.4 Å². The topological polar surface area (TPSA) is 29.5 Å². The van der Waals surface area contributed by atoms with Crippen LogP contribution in [0.4, 0.5) is 0 Å². The van der Waals surface area contributed by atoms with Crippen LogP contribution in [0.3, 0.4) is 0 Å². The summed E-state index contributed by atoms with van der Waals surface area (Å²) in [6, 6.07) is 4.35. The maximum atomic E-state index is 9.04. The Morgan fingerprint density at radius 3 is 2.93 bits per heavy atom. The summed E-state index contributed by atoms with van der Waals surface area (Å²) in [4.78, 5) is 0. The lowest BCUT2D eigenvalue weighted by molar-refractivity contribution is 0.229. The van der Waals surface area contributed by atoms with Gasteiger partial charge in [-0.1, -0.05) is 17.7 Å². The lowest BCUT2D eigenvalue weighted by atomic mass is 9.88. The Bertz CT molecular complexity index is 358. The molecule has 0 bridgehead atoms. The van der Waals surface area contributed by atoms with Crippen LogP contribution in [0.15, 0.2) is 12.1 Å². The van der Waals surface area contributed by atoms with E-state index >= 15 is 0 Å². The van der Waals surface area contributed by atoms with E-state index in [1.807, 2.05) is 0 Å². The van der Waals surface area contributed by atoms with Gasteiger partial charge in [0.05, 0.1) is 6.61 Å². The molecule has 2 heteroatoms. The van der Waals surface area contributed by atoms with E-state index in [9.17, 15) is 0 Å². The van der Waals surface area contributed by atoms with Crippen molar-refractivity contribution in [2.75, 3.05) is 13.2 Å². The first-order valence-electron chi connectivity index (χ1n) is 5.57. The number of aliphatic hydroxyl groups is 1. The third kappa shape index (κ3) is 2.00. The molecule has 1 aliphatic rings. The summed E-state index contributed by atoms with van der Waals surface area (Å²) in [5.74, 6) is 1.52. The number of aliphatic hydroxyl groups excluding tert-OH is 1. The first-order chi connectivity index (χ1) is 7.22. The Kier molecular flexibility index (Phi) is 2.96. The van der Waals surface area contributed by atoms with Crippen LogP contribution in [-0.2, 0) is 0 Å². The van der Waals surface area contributed by atoms with E-state index in [1.54, 1.807) is 0 Å². The lowest BCUT2D eigenvalue weighted by Gasteiger charge is -2.27. The van der Waals surface area contributed by atoms with Crippen molar-refractivity contribution < 1.29 is 9.84 Å². The van der Waals surface area contributed by atoms with Crippen molar-refractivity contribution in [2.24, 2.45) is 0 Å². The molecule has 0 radical (unpaired) electrons. The Morgan fingerprint density at radius 2 is 2.20 bits per heavy atom. The second-order valence-corrected chi connectivity index (χ2v) is 4.35. The zero-order valence-corrected chi connectivity index (χ0v) is 9.42. The summed E-state index contributed by atoms with van der Waals surface area (Å²) >= 11 is 0. The highest BCUT2D eigenvalue weighted by molar-refractivity contribution is 5.46. The lowest BCUT2D eigenvalue weighted by Crippen LogP contribution is -2.16. The molecule has 0 amide bonds. The molecule has 1 N–H and O–H groups in total. The zero-order valence-electron chi connectivity index (χ0n) is 9.42. The van der Waals surface area contributed by atoms with Crippen molar-refractivity contribution in [3.05, 3.63) is 28.8 Å². The number of fused-ring (bicyclic) bond motifs is 1. The first-order valence-corrected chi connectivity index (χ1v) is 5.57. The molecule has 1 heterocycles. The Balaban J connectivity index is 2.41. The molecule has 2 nitrogen and oxygen atoms in total. The normalized spacial score (nSPS) is 19.5. The summed E-state index contributed by atoms with van der Waals surface area (Å²) in [7, 11) is 0. The molecule has 1 atom stereocenters. The Morgan fingerprint density at radius 1 is 1.40 bits per heavy atom. The molecule has 0 aliphatic carbocycles. The van der Waals surface area contributed by atoms with Gasteiger partial charge in [-0.25, -0.2) is 0 Å². The standard InChI is InChI=1S/C13H18O2/c1-9-7-10(2)13-12(8-9)11(3-5-14)4-6-15-13/h7-8,11,14H,3-6H2,1-2H3. The van der Waals surface area contributed by atoms with E-state index in [4.69, 9.17) is 9.84 Å². The quantitative estimate of drug-likeness (QED) is 0.805. The minimum Gasteiger partial charge on any atom is -0.493 e. The van der Waals surface area contributed by atoms with Crippen LogP contribution >= 0.6 is 0 Å². The molecule has 0 spiro atoms. The van der Waals surface area contributed by atoms with Crippen LogP contribution in [0.25, 0.3) is 0 Å².